The van der Waals surface area contributed by atoms with E-state index in [2.05, 4.69) is 34.3 Å². The lowest BCUT2D eigenvalue weighted by Crippen LogP contribution is -2.49. The molecule has 3 fully saturated rings. The molecule has 0 bridgehead atoms. The van der Waals surface area contributed by atoms with E-state index >= 15 is 4.39 Å². The lowest BCUT2D eigenvalue weighted by Gasteiger charge is -2.39. The second-order valence-electron chi connectivity index (χ2n) is 12.6. The fourth-order valence-corrected chi connectivity index (χ4v) is 6.26. The first-order valence-corrected chi connectivity index (χ1v) is 16.3. The fourth-order valence-electron chi connectivity index (χ4n) is 6.26. The van der Waals surface area contributed by atoms with E-state index in [1.807, 2.05) is 24.3 Å². The monoisotopic (exact) mass is 631 g/mol. The van der Waals surface area contributed by atoms with E-state index in [1.54, 1.807) is 17.0 Å². The molecule has 6 rings (SSSR count). The minimum absolute atomic E-state index is 0.0188. The highest BCUT2D eigenvalue weighted by Gasteiger charge is 2.29. The molecule has 3 aliphatic heterocycles. The van der Waals surface area contributed by atoms with Gasteiger partial charge in [0.05, 0.1) is 23.6 Å². The van der Waals surface area contributed by atoms with Gasteiger partial charge in [-0.15, -0.1) is 0 Å². The summed E-state index contributed by atoms with van der Waals surface area (Å²) in [6, 6.07) is 14.5. The number of hydrogen-bond donors (Lipinski definition) is 1. The number of nitrogens with zero attached hydrogens (tertiary/aromatic N) is 4. The number of carbonyl (C=O) groups excluding carboxylic acids is 2. The van der Waals surface area contributed by atoms with Gasteiger partial charge in [-0.1, -0.05) is 13.8 Å². The summed E-state index contributed by atoms with van der Waals surface area (Å²) in [5.74, 6) is -0.200. The molecule has 0 atom stereocenters. The molecule has 0 saturated carbocycles. The molecule has 244 valence electrons. The van der Waals surface area contributed by atoms with Crippen molar-refractivity contribution in [2.24, 2.45) is 0 Å². The van der Waals surface area contributed by atoms with Crippen LogP contribution in [-0.2, 0) is 20.8 Å². The molecule has 0 radical (unpaired) electrons. The van der Waals surface area contributed by atoms with Crippen molar-refractivity contribution in [3.05, 3.63) is 71.2 Å². The van der Waals surface area contributed by atoms with E-state index in [0.29, 0.717) is 36.3 Å². The first kappa shape index (κ1) is 32.0. The van der Waals surface area contributed by atoms with Crippen LogP contribution < -0.4 is 10.1 Å². The number of hydrogen-bond acceptors (Lipinski definition) is 8. The fraction of sp³-hybridized carbons (Fsp3) is 0.486. The molecule has 4 heterocycles. The molecule has 0 unspecified atom stereocenters. The Bertz CT molecular complexity index is 1500. The van der Waals surface area contributed by atoms with Crippen LogP contribution in [0.5, 0.6) is 11.5 Å². The number of likely N-dealkylation sites (tertiary alicyclic amines) is 1. The van der Waals surface area contributed by atoms with E-state index in [1.165, 1.54) is 12.1 Å². The number of piperidine rings is 1. The van der Waals surface area contributed by atoms with Crippen LogP contribution in [0.25, 0.3) is 11.3 Å². The maximum absolute atomic E-state index is 15.6. The van der Waals surface area contributed by atoms with Crippen LogP contribution >= 0.6 is 0 Å². The molecule has 0 aliphatic carbocycles. The first-order chi connectivity index (χ1) is 22.3. The zero-order valence-electron chi connectivity index (χ0n) is 26.5. The van der Waals surface area contributed by atoms with Gasteiger partial charge in [-0.25, -0.2) is 4.39 Å². The second kappa shape index (κ2) is 14.7. The smallest absolute Gasteiger partial charge is 0.254 e. The van der Waals surface area contributed by atoms with Crippen molar-refractivity contribution in [2.45, 2.75) is 64.1 Å². The molecule has 2 aromatic carbocycles. The summed E-state index contributed by atoms with van der Waals surface area (Å²) >= 11 is 0. The summed E-state index contributed by atoms with van der Waals surface area (Å²) in [6.45, 7) is 8.43. The van der Waals surface area contributed by atoms with Gasteiger partial charge in [0.25, 0.3) is 5.91 Å². The van der Waals surface area contributed by atoms with E-state index in [9.17, 15) is 9.59 Å². The van der Waals surface area contributed by atoms with Crippen LogP contribution in [0, 0.1) is 5.82 Å². The maximum Gasteiger partial charge on any atom is 0.254 e. The van der Waals surface area contributed by atoms with Crippen LogP contribution in [0.3, 0.4) is 0 Å². The molecule has 10 nitrogen and oxygen atoms in total. The molecule has 3 aliphatic rings. The van der Waals surface area contributed by atoms with E-state index in [4.69, 9.17) is 14.2 Å². The quantitative estimate of drug-likeness (QED) is 0.355. The molecule has 1 N–H and O–H groups in total. The molecule has 11 heteroatoms. The molecular formula is C35H42FN5O5. The Labute approximate surface area is 269 Å². The summed E-state index contributed by atoms with van der Waals surface area (Å²) in [4.78, 5) is 30.0. The molecule has 1 aromatic heterocycles. The minimum atomic E-state index is -0.654. The van der Waals surface area contributed by atoms with E-state index < -0.39 is 11.7 Å². The molecule has 3 saturated heterocycles. The Balaban J connectivity index is 1.18. The SMILES string of the molecule is CC(C)c1ccc(-c2ccc(Oc3cc(C(=O)NC4CCN(C5CCOCC5)CC4)c(F)cc3CN3CCOCC3=O)cc2)nn1. The van der Waals surface area contributed by atoms with Gasteiger partial charge >= 0.3 is 0 Å². The number of amides is 2. The van der Waals surface area contributed by atoms with Crippen molar-refractivity contribution in [2.75, 3.05) is 46.1 Å². The number of ether oxygens (including phenoxy) is 3. The van der Waals surface area contributed by atoms with Crippen LogP contribution in [0.4, 0.5) is 4.39 Å². The topological polar surface area (TPSA) is 106 Å². The zero-order chi connectivity index (χ0) is 32.0. The van der Waals surface area contributed by atoms with Gasteiger partial charge in [-0.05, 0) is 80.1 Å². The van der Waals surface area contributed by atoms with Gasteiger partial charge in [0.2, 0.25) is 5.91 Å². The predicted molar refractivity (Wildman–Crippen MR) is 170 cm³/mol. The summed E-state index contributed by atoms with van der Waals surface area (Å²) in [6.07, 6.45) is 3.69. The number of rotatable bonds is 9. The normalized spacial score (nSPS) is 18.6. The Morgan fingerprint density at radius 1 is 0.978 bits per heavy atom. The first-order valence-electron chi connectivity index (χ1n) is 16.3. The third-order valence-electron chi connectivity index (χ3n) is 9.07. The lowest BCUT2D eigenvalue weighted by molar-refractivity contribution is -0.143. The largest absolute Gasteiger partial charge is 0.457 e. The molecule has 3 aromatic rings. The number of morpholine rings is 1. The average molecular weight is 632 g/mol. The number of aromatic nitrogens is 2. The third kappa shape index (κ3) is 7.71. The lowest BCUT2D eigenvalue weighted by atomic mass is 9.99. The van der Waals surface area contributed by atoms with Gasteiger partial charge in [0, 0.05) is 62.6 Å². The molecule has 46 heavy (non-hydrogen) atoms. The second-order valence-corrected chi connectivity index (χ2v) is 12.6. The highest BCUT2D eigenvalue weighted by molar-refractivity contribution is 5.95. The standard InChI is InChI=1S/C35H42FN5O5/c1-23(2)31-7-8-32(39-38-31)24-3-5-28(6-4-24)46-33-20-29(30(36)19-25(33)21-41-15-18-45-22-34(41)42)35(43)37-26-9-13-40(14-10-26)27-11-16-44-17-12-27/h3-8,19-20,23,26-27H,9-18,21-22H2,1-2H3,(H,37,43). The average Bonchev–Trinajstić information content (AvgIpc) is 3.08. The number of benzene rings is 2. The van der Waals surface area contributed by atoms with Crippen molar-refractivity contribution < 1.29 is 28.2 Å². The summed E-state index contributed by atoms with van der Waals surface area (Å²) < 4.78 is 32.6. The Morgan fingerprint density at radius 3 is 2.41 bits per heavy atom. The molecule has 2 amide bonds. The summed E-state index contributed by atoms with van der Waals surface area (Å²) in [5, 5.41) is 11.7. The van der Waals surface area contributed by atoms with E-state index in [0.717, 1.165) is 68.9 Å². The number of nitrogens with one attached hydrogen (secondary N) is 1. The Hall–Kier alpha value is -3.93. The van der Waals surface area contributed by atoms with Crippen molar-refractivity contribution in [1.29, 1.82) is 0 Å². The minimum Gasteiger partial charge on any atom is -0.457 e. The van der Waals surface area contributed by atoms with Crippen molar-refractivity contribution >= 4 is 11.8 Å². The summed E-state index contributed by atoms with van der Waals surface area (Å²) in [7, 11) is 0. The number of halogens is 1. The zero-order valence-corrected chi connectivity index (χ0v) is 26.5. The van der Waals surface area contributed by atoms with Crippen molar-refractivity contribution in [1.82, 2.24) is 25.3 Å². The third-order valence-corrected chi connectivity index (χ3v) is 9.07. The Kier molecular flexibility index (Phi) is 10.2. The van der Waals surface area contributed by atoms with Crippen LogP contribution in [0.15, 0.2) is 48.5 Å². The van der Waals surface area contributed by atoms with Gasteiger partial charge in [-0.2, -0.15) is 10.2 Å². The van der Waals surface area contributed by atoms with Crippen LogP contribution in [-0.4, -0.2) is 90.0 Å². The van der Waals surface area contributed by atoms with Crippen molar-refractivity contribution in [3.8, 4) is 22.8 Å². The highest BCUT2D eigenvalue weighted by atomic mass is 19.1. The van der Waals surface area contributed by atoms with E-state index in [-0.39, 0.29) is 36.6 Å². The highest BCUT2D eigenvalue weighted by Crippen LogP contribution is 2.32. The Morgan fingerprint density at radius 2 is 1.74 bits per heavy atom. The van der Waals surface area contributed by atoms with Gasteiger partial charge in [0.15, 0.2) is 0 Å². The van der Waals surface area contributed by atoms with Gasteiger partial charge in [-0.3, -0.25) is 9.59 Å². The maximum atomic E-state index is 15.6. The molecule has 0 spiro atoms. The number of carbonyl (C=O) groups is 2. The molecular weight excluding hydrogens is 589 g/mol. The summed E-state index contributed by atoms with van der Waals surface area (Å²) in [5.41, 5.74) is 2.91. The van der Waals surface area contributed by atoms with Crippen LogP contribution in [0.2, 0.25) is 0 Å². The van der Waals surface area contributed by atoms with Crippen LogP contribution in [0.1, 0.15) is 67.1 Å². The van der Waals surface area contributed by atoms with Gasteiger partial charge in [0.1, 0.15) is 23.9 Å². The van der Waals surface area contributed by atoms with Crippen molar-refractivity contribution in [3.63, 3.8) is 0 Å². The van der Waals surface area contributed by atoms with Gasteiger partial charge < -0.3 is 29.3 Å². The predicted octanol–water partition coefficient (Wildman–Crippen LogP) is 4.93.